The van der Waals surface area contributed by atoms with Gasteiger partial charge in [-0.1, -0.05) is 20.8 Å². The fraction of sp³-hybridized carbons (Fsp3) is 0.500. The van der Waals surface area contributed by atoms with Gasteiger partial charge in [-0.05, 0) is 6.07 Å². The first kappa shape index (κ1) is 13.3. The zero-order chi connectivity index (χ0) is 13.2. The summed E-state index contributed by atoms with van der Waals surface area (Å²) >= 11 is 0. The van der Waals surface area contributed by atoms with Crippen molar-refractivity contribution < 1.29 is 9.53 Å². The smallest absolute Gasteiger partial charge is 0.340 e. The predicted molar refractivity (Wildman–Crippen MR) is 68.2 cm³/mol. The average Bonchev–Trinajstić information content (AvgIpc) is 2.26. The third-order valence-corrected chi connectivity index (χ3v) is 2.47. The molecule has 0 aliphatic rings. The fourth-order valence-electron chi connectivity index (χ4n) is 1.41. The van der Waals surface area contributed by atoms with Crippen LogP contribution in [-0.4, -0.2) is 25.1 Å². The molecule has 17 heavy (non-hydrogen) atoms. The number of carbonyl (C=O) groups is 1. The van der Waals surface area contributed by atoms with Gasteiger partial charge in [0.1, 0.15) is 5.82 Å². The first-order valence-electron chi connectivity index (χ1n) is 5.38. The predicted octanol–water partition coefficient (Wildman–Crippen LogP) is 1.79. The second kappa shape index (κ2) is 4.61. The second-order valence-corrected chi connectivity index (χ2v) is 4.81. The Hall–Kier alpha value is -1.78. The maximum Gasteiger partial charge on any atom is 0.340 e. The quantitative estimate of drug-likeness (QED) is 0.767. The lowest BCUT2D eigenvalue weighted by molar-refractivity contribution is 0.0601. The van der Waals surface area contributed by atoms with Crippen LogP contribution in [0, 0.1) is 0 Å². The van der Waals surface area contributed by atoms with Gasteiger partial charge in [0.25, 0.3) is 0 Å². The van der Waals surface area contributed by atoms with Crippen LogP contribution >= 0.6 is 0 Å². The molecule has 0 aliphatic heterocycles. The summed E-state index contributed by atoms with van der Waals surface area (Å²) in [6.45, 7) is 6.06. The van der Waals surface area contributed by atoms with Gasteiger partial charge in [-0.15, -0.1) is 0 Å². The zero-order valence-electron chi connectivity index (χ0n) is 10.9. The number of nitrogens with two attached hydrogens (primary N) is 1. The molecule has 1 heterocycles. The van der Waals surface area contributed by atoms with Crippen molar-refractivity contribution in [3.8, 4) is 0 Å². The molecule has 1 aromatic heterocycles. The lowest BCUT2D eigenvalue weighted by Gasteiger charge is -2.20. The van der Waals surface area contributed by atoms with Gasteiger partial charge >= 0.3 is 5.97 Å². The standard InChI is InChI=1S/C12H19N3O2/c1-12(2,3)8-6-7(11(16)17-5)9(13)10(14-4)15-8/h6H,13H2,1-5H3,(H,14,15). The number of nitrogens with one attached hydrogen (secondary N) is 1. The van der Waals surface area contributed by atoms with Crippen molar-refractivity contribution in [2.45, 2.75) is 26.2 Å². The Labute approximate surface area is 101 Å². The molecule has 0 atom stereocenters. The lowest BCUT2D eigenvalue weighted by Crippen LogP contribution is -2.18. The summed E-state index contributed by atoms with van der Waals surface area (Å²) in [6, 6.07) is 1.68. The van der Waals surface area contributed by atoms with E-state index in [2.05, 4.69) is 10.3 Å². The van der Waals surface area contributed by atoms with E-state index in [0.29, 0.717) is 17.1 Å². The summed E-state index contributed by atoms with van der Waals surface area (Å²) in [4.78, 5) is 16.0. The molecule has 5 heteroatoms. The Morgan fingerprint density at radius 3 is 2.47 bits per heavy atom. The van der Waals surface area contributed by atoms with Crippen molar-refractivity contribution in [1.29, 1.82) is 0 Å². The SMILES string of the molecule is CNc1nc(C(C)(C)C)cc(C(=O)OC)c1N. The number of nitrogens with zero attached hydrogens (tertiary/aromatic N) is 1. The summed E-state index contributed by atoms with van der Waals surface area (Å²) in [5.74, 6) is 0.0460. The van der Waals surface area contributed by atoms with E-state index in [9.17, 15) is 4.79 Å². The number of hydrogen-bond donors (Lipinski definition) is 2. The van der Waals surface area contributed by atoms with E-state index >= 15 is 0 Å². The first-order valence-corrected chi connectivity index (χ1v) is 5.38. The molecular formula is C12H19N3O2. The molecule has 0 spiro atoms. The molecule has 0 unspecified atom stereocenters. The number of rotatable bonds is 2. The Morgan fingerprint density at radius 1 is 1.47 bits per heavy atom. The highest BCUT2D eigenvalue weighted by Crippen LogP contribution is 2.28. The van der Waals surface area contributed by atoms with E-state index in [1.807, 2.05) is 20.8 Å². The van der Waals surface area contributed by atoms with E-state index in [1.165, 1.54) is 7.11 Å². The number of hydrogen-bond acceptors (Lipinski definition) is 5. The van der Waals surface area contributed by atoms with Gasteiger partial charge in [0.15, 0.2) is 0 Å². The van der Waals surface area contributed by atoms with Gasteiger partial charge in [0, 0.05) is 18.2 Å². The third-order valence-electron chi connectivity index (χ3n) is 2.47. The molecule has 0 saturated heterocycles. The lowest BCUT2D eigenvalue weighted by atomic mass is 9.90. The van der Waals surface area contributed by atoms with Gasteiger partial charge in [-0.2, -0.15) is 0 Å². The van der Waals surface area contributed by atoms with Gasteiger partial charge in [-0.25, -0.2) is 9.78 Å². The van der Waals surface area contributed by atoms with Crippen LogP contribution in [0.4, 0.5) is 11.5 Å². The number of nitrogen functional groups attached to an aromatic ring is 1. The third kappa shape index (κ3) is 2.67. The van der Waals surface area contributed by atoms with Crippen molar-refractivity contribution in [3.05, 3.63) is 17.3 Å². The van der Waals surface area contributed by atoms with Gasteiger partial charge in [0.05, 0.1) is 18.4 Å². The monoisotopic (exact) mass is 237 g/mol. The number of anilines is 2. The number of esters is 1. The minimum atomic E-state index is -0.452. The highest BCUT2D eigenvalue weighted by molar-refractivity contribution is 5.97. The van der Waals surface area contributed by atoms with Crippen LogP contribution in [0.25, 0.3) is 0 Å². The van der Waals surface area contributed by atoms with Gasteiger partial charge in [-0.3, -0.25) is 0 Å². The molecule has 0 bridgehead atoms. The largest absolute Gasteiger partial charge is 0.465 e. The normalized spacial score (nSPS) is 11.1. The minimum Gasteiger partial charge on any atom is -0.465 e. The van der Waals surface area contributed by atoms with Crippen LogP contribution in [0.2, 0.25) is 0 Å². The Kier molecular flexibility index (Phi) is 3.60. The van der Waals surface area contributed by atoms with Gasteiger partial charge in [0.2, 0.25) is 0 Å². The molecule has 0 aromatic carbocycles. The molecular weight excluding hydrogens is 218 g/mol. The fourth-order valence-corrected chi connectivity index (χ4v) is 1.41. The average molecular weight is 237 g/mol. The minimum absolute atomic E-state index is 0.165. The zero-order valence-corrected chi connectivity index (χ0v) is 10.9. The number of pyridine rings is 1. The number of methoxy groups -OCH3 is 1. The number of ether oxygens (including phenoxy) is 1. The van der Waals surface area contributed by atoms with Crippen LogP contribution in [-0.2, 0) is 10.2 Å². The summed E-state index contributed by atoms with van der Waals surface area (Å²) < 4.78 is 4.71. The molecule has 0 fully saturated rings. The molecule has 0 amide bonds. The highest BCUT2D eigenvalue weighted by atomic mass is 16.5. The molecule has 5 nitrogen and oxygen atoms in total. The van der Waals surface area contributed by atoms with E-state index in [0.717, 1.165) is 5.69 Å². The molecule has 0 radical (unpaired) electrons. The van der Waals surface area contributed by atoms with Gasteiger partial charge < -0.3 is 15.8 Å². The number of aromatic nitrogens is 1. The molecule has 3 N–H and O–H groups in total. The summed E-state index contributed by atoms with van der Waals surface area (Å²) in [5, 5.41) is 2.88. The van der Waals surface area contributed by atoms with E-state index < -0.39 is 5.97 Å². The van der Waals surface area contributed by atoms with Crippen LogP contribution in [0.3, 0.4) is 0 Å². The van der Waals surface area contributed by atoms with Crippen molar-refractivity contribution >= 4 is 17.5 Å². The van der Waals surface area contributed by atoms with E-state index in [-0.39, 0.29) is 5.41 Å². The molecule has 1 rings (SSSR count). The molecule has 0 aliphatic carbocycles. The van der Waals surface area contributed by atoms with Crippen LogP contribution in [0.5, 0.6) is 0 Å². The topological polar surface area (TPSA) is 77.2 Å². The Morgan fingerprint density at radius 2 is 2.06 bits per heavy atom. The first-order chi connectivity index (χ1) is 7.81. The van der Waals surface area contributed by atoms with E-state index in [4.69, 9.17) is 10.5 Å². The second-order valence-electron chi connectivity index (χ2n) is 4.81. The van der Waals surface area contributed by atoms with Crippen molar-refractivity contribution in [1.82, 2.24) is 4.98 Å². The van der Waals surface area contributed by atoms with Crippen LogP contribution in [0.15, 0.2) is 6.07 Å². The molecule has 0 saturated carbocycles. The van der Waals surface area contributed by atoms with E-state index in [1.54, 1.807) is 13.1 Å². The van der Waals surface area contributed by atoms with Crippen molar-refractivity contribution in [3.63, 3.8) is 0 Å². The van der Waals surface area contributed by atoms with Crippen LogP contribution < -0.4 is 11.1 Å². The maximum absolute atomic E-state index is 11.6. The molecule has 94 valence electrons. The summed E-state index contributed by atoms with van der Waals surface area (Å²) in [7, 11) is 3.05. The van der Waals surface area contributed by atoms with Crippen LogP contribution in [0.1, 0.15) is 36.8 Å². The van der Waals surface area contributed by atoms with Crippen molar-refractivity contribution in [2.75, 3.05) is 25.2 Å². The highest BCUT2D eigenvalue weighted by Gasteiger charge is 2.22. The Balaban J connectivity index is 3.44. The number of carbonyl (C=O) groups excluding carboxylic acids is 1. The molecule has 1 aromatic rings. The summed E-state index contributed by atoms with van der Waals surface area (Å²) in [6.07, 6.45) is 0. The maximum atomic E-state index is 11.6. The van der Waals surface area contributed by atoms with Crippen molar-refractivity contribution in [2.24, 2.45) is 0 Å². The Bertz CT molecular complexity index is 436. The summed E-state index contributed by atoms with van der Waals surface area (Å²) in [5.41, 5.74) is 7.14.